The fourth-order valence-corrected chi connectivity index (χ4v) is 2.31. The minimum atomic E-state index is 0.662. The van der Waals surface area contributed by atoms with Crippen LogP contribution in [0.3, 0.4) is 0 Å². The first-order valence-corrected chi connectivity index (χ1v) is 6.40. The fourth-order valence-electron chi connectivity index (χ4n) is 2.31. The van der Waals surface area contributed by atoms with E-state index in [1.165, 1.54) is 24.1 Å². The fraction of sp³-hybridized carbons (Fsp3) is 0.333. The summed E-state index contributed by atoms with van der Waals surface area (Å²) in [6.45, 7) is 1.99. The molecule has 92 valence electrons. The van der Waals surface area contributed by atoms with Gasteiger partial charge < -0.3 is 4.74 Å². The van der Waals surface area contributed by atoms with E-state index in [-0.39, 0.29) is 0 Å². The van der Waals surface area contributed by atoms with E-state index in [0.29, 0.717) is 5.88 Å². The highest BCUT2D eigenvalue weighted by Crippen LogP contribution is 2.26. The van der Waals surface area contributed by atoms with Crippen molar-refractivity contribution in [2.75, 3.05) is 0 Å². The van der Waals surface area contributed by atoms with Crippen LogP contribution in [0.1, 0.15) is 29.7 Å². The Morgan fingerprint density at radius 1 is 1.17 bits per heavy atom. The van der Waals surface area contributed by atoms with Crippen molar-refractivity contribution in [2.24, 2.45) is 0 Å². The summed E-state index contributed by atoms with van der Waals surface area (Å²) < 4.78 is 5.80. The van der Waals surface area contributed by atoms with Crippen LogP contribution >= 0.6 is 0 Å². The molecule has 3 rings (SSSR count). The number of pyridine rings is 2. The van der Waals surface area contributed by atoms with Crippen molar-refractivity contribution in [2.45, 2.75) is 32.6 Å². The highest BCUT2D eigenvalue weighted by atomic mass is 16.5. The molecule has 0 spiro atoms. The van der Waals surface area contributed by atoms with E-state index >= 15 is 0 Å². The maximum Gasteiger partial charge on any atom is 0.222 e. The van der Waals surface area contributed by atoms with Gasteiger partial charge in [0.15, 0.2) is 0 Å². The zero-order valence-electron chi connectivity index (χ0n) is 10.5. The summed E-state index contributed by atoms with van der Waals surface area (Å²) in [6.07, 6.45) is 8.26. The van der Waals surface area contributed by atoms with Crippen molar-refractivity contribution >= 4 is 0 Å². The predicted molar refractivity (Wildman–Crippen MR) is 69.9 cm³/mol. The molecule has 0 radical (unpaired) electrons. The molecule has 0 unspecified atom stereocenters. The Kier molecular flexibility index (Phi) is 2.97. The average molecular weight is 240 g/mol. The Bertz CT molecular complexity index is 566. The van der Waals surface area contributed by atoms with Crippen molar-refractivity contribution in [3.8, 4) is 11.6 Å². The van der Waals surface area contributed by atoms with Gasteiger partial charge in [-0.2, -0.15) is 0 Å². The number of hydrogen-bond acceptors (Lipinski definition) is 3. The molecular formula is C15H16N2O. The number of rotatable bonds is 2. The third kappa shape index (κ3) is 2.21. The van der Waals surface area contributed by atoms with E-state index in [4.69, 9.17) is 4.74 Å². The van der Waals surface area contributed by atoms with Crippen LogP contribution in [0.25, 0.3) is 0 Å². The van der Waals surface area contributed by atoms with Gasteiger partial charge in [0.05, 0.1) is 6.20 Å². The highest BCUT2D eigenvalue weighted by molar-refractivity contribution is 5.35. The maximum absolute atomic E-state index is 5.80. The summed E-state index contributed by atoms with van der Waals surface area (Å²) >= 11 is 0. The Morgan fingerprint density at radius 3 is 2.94 bits per heavy atom. The first kappa shape index (κ1) is 11.2. The molecule has 1 aliphatic carbocycles. The Labute approximate surface area is 107 Å². The molecule has 2 heterocycles. The van der Waals surface area contributed by atoms with Crippen LogP contribution < -0.4 is 4.74 Å². The van der Waals surface area contributed by atoms with Crippen molar-refractivity contribution in [1.82, 2.24) is 9.97 Å². The van der Waals surface area contributed by atoms with Gasteiger partial charge in [0, 0.05) is 17.5 Å². The lowest BCUT2D eigenvalue weighted by molar-refractivity contribution is 0.454. The topological polar surface area (TPSA) is 35.0 Å². The molecule has 18 heavy (non-hydrogen) atoms. The Balaban J connectivity index is 1.87. The van der Waals surface area contributed by atoms with E-state index in [1.807, 2.05) is 19.1 Å². The van der Waals surface area contributed by atoms with Gasteiger partial charge in [-0.3, -0.25) is 4.98 Å². The Morgan fingerprint density at radius 2 is 2.06 bits per heavy atom. The number of fused-ring (bicyclic) bond motifs is 1. The SMILES string of the molecule is Cc1cccnc1Oc1cnc2c(c1)CCCC2. The average Bonchev–Trinajstić information content (AvgIpc) is 2.41. The van der Waals surface area contributed by atoms with Crippen LogP contribution in [0.5, 0.6) is 11.6 Å². The van der Waals surface area contributed by atoms with Gasteiger partial charge in [-0.15, -0.1) is 0 Å². The highest BCUT2D eigenvalue weighted by Gasteiger charge is 2.12. The zero-order chi connectivity index (χ0) is 12.4. The molecule has 0 bridgehead atoms. The molecule has 3 heteroatoms. The molecule has 2 aromatic heterocycles. The first-order valence-electron chi connectivity index (χ1n) is 6.40. The van der Waals surface area contributed by atoms with Gasteiger partial charge in [-0.05, 0) is 50.3 Å². The molecule has 3 nitrogen and oxygen atoms in total. The molecule has 0 saturated heterocycles. The van der Waals surface area contributed by atoms with Crippen LogP contribution in [-0.2, 0) is 12.8 Å². The quantitative estimate of drug-likeness (QED) is 0.806. The second-order valence-corrected chi connectivity index (χ2v) is 4.71. The molecule has 2 aromatic rings. The molecule has 0 saturated carbocycles. The van der Waals surface area contributed by atoms with E-state index in [2.05, 4.69) is 16.0 Å². The second-order valence-electron chi connectivity index (χ2n) is 4.71. The lowest BCUT2D eigenvalue weighted by atomic mass is 9.96. The number of aryl methyl sites for hydroxylation is 3. The van der Waals surface area contributed by atoms with Crippen molar-refractivity contribution in [1.29, 1.82) is 0 Å². The van der Waals surface area contributed by atoms with E-state index in [0.717, 1.165) is 24.2 Å². The monoisotopic (exact) mass is 240 g/mol. The van der Waals surface area contributed by atoms with Crippen molar-refractivity contribution in [3.05, 3.63) is 47.4 Å². The number of hydrogen-bond donors (Lipinski definition) is 0. The lowest BCUT2D eigenvalue weighted by Crippen LogP contribution is -2.05. The molecule has 0 fully saturated rings. The van der Waals surface area contributed by atoms with Gasteiger partial charge in [0.1, 0.15) is 5.75 Å². The van der Waals surface area contributed by atoms with E-state index < -0.39 is 0 Å². The molecular weight excluding hydrogens is 224 g/mol. The van der Waals surface area contributed by atoms with Crippen molar-refractivity contribution in [3.63, 3.8) is 0 Å². The first-order chi connectivity index (χ1) is 8.83. The molecule has 0 aromatic carbocycles. The predicted octanol–water partition coefficient (Wildman–Crippen LogP) is 3.46. The summed E-state index contributed by atoms with van der Waals surface area (Å²) in [5.74, 6) is 1.45. The van der Waals surface area contributed by atoms with Crippen LogP contribution in [0.4, 0.5) is 0 Å². The number of ether oxygens (including phenoxy) is 1. The molecule has 0 atom stereocenters. The standard InChI is InChI=1S/C15H16N2O/c1-11-5-4-8-16-15(11)18-13-9-12-6-2-3-7-14(12)17-10-13/h4-5,8-10H,2-3,6-7H2,1H3. The van der Waals surface area contributed by atoms with Gasteiger partial charge in [-0.25, -0.2) is 4.98 Å². The van der Waals surface area contributed by atoms with Crippen molar-refractivity contribution < 1.29 is 4.74 Å². The maximum atomic E-state index is 5.80. The minimum Gasteiger partial charge on any atom is -0.437 e. The van der Waals surface area contributed by atoms with Crippen LogP contribution in [-0.4, -0.2) is 9.97 Å². The smallest absolute Gasteiger partial charge is 0.222 e. The van der Waals surface area contributed by atoms with Crippen LogP contribution in [0, 0.1) is 6.92 Å². The van der Waals surface area contributed by atoms with Gasteiger partial charge in [0.25, 0.3) is 0 Å². The summed E-state index contributed by atoms with van der Waals surface area (Å²) in [5.41, 5.74) is 3.59. The molecule has 0 aliphatic heterocycles. The minimum absolute atomic E-state index is 0.662. The third-order valence-electron chi connectivity index (χ3n) is 3.32. The van der Waals surface area contributed by atoms with Crippen LogP contribution in [0.15, 0.2) is 30.6 Å². The number of nitrogens with zero attached hydrogens (tertiary/aromatic N) is 2. The largest absolute Gasteiger partial charge is 0.437 e. The Hall–Kier alpha value is -1.90. The number of aromatic nitrogens is 2. The normalized spacial score (nSPS) is 14.1. The van der Waals surface area contributed by atoms with Crippen LogP contribution in [0.2, 0.25) is 0 Å². The molecule has 1 aliphatic rings. The van der Waals surface area contributed by atoms with Gasteiger partial charge >= 0.3 is 0 Å². The second kappa shape index (κ2) is 4.77. The molecule has 0 N–H and O–H groups in total. The van der Waals surface area contributed by atoms with Gasteiger partial charge in [0.2, 0.25) is 5.88 Å². The molecule has 0 amide bonds. The zero-order valence-corrected chi connectivity index (χ0v) is 10.5. The summed E-state index contributed by atoms with van der Waals surface area (Å²) in [5, 5.41) is 0. The summed E-state index contributed by atoms with van der Waals surface area (Å²) in [6, 6.07) is 6.01. The lowest BCUT2D eigenvalue weighted by Gasteiger charge is -2.15. The van der Waals surface area contributed by atoms with Gasteiger partial charge in [-0.1, -0.05) is 6.07 Å². The summed E-state index contributed by atoms with van der Waals surface area (Å²) in [4.78, 5) is 8.73. The van der Waals surface area contributed by atoms with E-state index in [9.17, 15) is 0 Å². The third-order valence-corrected chi connectivity index (χ3v) is 3.32. The van der Waals surface area contributed by atoms with E-state index in [1.54, 1.807) is 12.4 Å². The summed E-state index contributed by atoms with van der Waals surface area (Å²) in [7, 11) is 0.